The second-order valence-corrected chi connectivity index (χ2v) is 3.94. The van der Waals surface area contributed by atoms with E-state index in [0.29, 0.717) is 6.54 Å². The standard InChI is InChI=1S/C11H17N3O/c1-9(13)10(7-12)11(15)8-14-5-3-2-4-6-14/h10H,1-6,8,13H2/t10-/m0/s1. The summed E-state index contributed by atoms with van der Waals surface area (Å²) < 4.78 is 0. The molecule has 1 fully saturated rings. The van der Waals surface area contributed by atoms with Crippen LogP contribution in [0.25, 0.3) is 0 Å². The molecule has 0 amide bonds. The van der Waals surface area contributed by atoms with Crippen LogP contribution in [0.2, 0.25) is 0 Å². The molecule has 4 heteroatoms. The molecule has 1 saturated heterocycles. The number of Topliss-reactive ketones (excluding diaryl/α,β-unsaturated/α-hetero) is 1. The largest absolute Gasteiger partial charge is 0.401 e. The summed E-state index contributed by atoms with van der Waals surface area (Å²) in [5.41, 5.74) is 5.55. The zero-order valence-electron chi connectivity index (χ0n) is 8.91. The van der Waals surface area contributed by atoms with Crippen LogP contribution in [0, 0.1) is 17.2 Å². The smallest absolute Gasteiger partial charge is 0.169 e. The summed E-state index contributed by atoms with van der Waals surface area (Å²) in [7, 11) is 0. The second kappa shape index (κ2) is 5.52. The van der Waals surface area contributed by atoms with Crippen molar-refractivity contribution in [2.45, 2.75) is 19.3 Å². The number of nitrogens with two attached hydrogens (primary N) is 1. The highest BCUT2D eigenvalue weighted by atomic mass is 16.1. The average Bonchev–Trinajstić information content (AvgIpc) is 2.19. The van der Waals surface area contributed by atoms with E-state index in [1.807, 2.05) is 6.07 Å². The number of hydrogen-bond donors (Lipinski definition) is 1. The Labute approximate surface area is 90.3 Å². The van der Waals surface area contributed by atoms with E-state index in [0.717, 1.165) is 25.9 Å². The van der Waals surface area contributed by atoms with Gasteiger partial charge in [0.2, 0.25) is 0 Å². The topological polar surface area (TPSA) is 70.1 Å². The maximum atomic E-state index is 11.7. The van der Waals surface area contributed by atoms with Gasteiger partial charge in [0.05, 0.1) is 12.6 Å². The van der Waals surface area contributed by atoms with Gasteiger partial charge in [0.25, 0.3) is 0 Å². The van der Waals surface area contributed by atoms with Gasteiger partial charge in [-0.3, -0.25) is 9.69 Å². The Kier molecular flexibility index (Phi) is 4.32. The number of carbonyl (C=O) groups is 1. The molecule has 0 aromatic rings. The molecule has 0 aliphatic carbocycles. The van der Waals surface area contributed by atoms with Crippen molar-refractivity contribution >= 4 is 5.78 Å². The second-order valence-electron chi connectivity index (χ2n) is 3.94. The fourth-order valence-corrected chi connectivity index (χ4v) is 1.79. The summed E-state index contributed by atoms with van der Waals surface area (Å²) in [5.74, 6) is -0.973. The van der Waals surface area contributed by atoms with Gasteiger partial charge in [-0.05, 0) is 25.9 Å². The summed E-state index contributed by atoms with van der Waals surface area (Å²) in [5, 5.41) is 8.77. The molecule has 1 aliphatic rings. The molecule has 0 spiro atoms. The summed E-state index contributed by atoms with van der Waals surface area (Å²) in [4.78, 5) is 13.8. The monoisotopic (exact) mass is 207 g/mol. The van der Waals surface area contributed by atoms with Crippen LogP contribution in [0.5, 0.6) is 0 Å². The third-order valence-electron chi connectivity index (χ3n) is 2.65. The Hall–Kier alpha value is -1.34. The minimum absolute atomic E-state index is 0.132. The van der Waals surface area contributed by atoms with Crippen LogP contribution >= 0.6 is 0 Å². The molecule has 1 atom stereocenters. The van der Waals surface area contributed by atoms with Crippen molar-refractivity contribution < 1.29 is 4.79 Å². The minimum Gasteiger partial charge on any atom is -0.401 e. The fourth-order valence-electron chi connectivity index (χ4n) is 1.79. The van der Waals surface area contributed by atoms with Crippen molar-refractivity contribution in [2.75, 3.05) is 19.6 Å². The quantitative estimate of drug-likeness (QED) is 0.735. The molecule has 0 saturated carbocycles. The molecule has 82 valence electrons. The molecule has 1 rings (SSSR count). The van der Waals surface area contributed by atoms with Crippen molar-refractivity contribution in [3.63, 3.8) is 0 Å². The molecule has 0 bridgehead atoms. The number of hydrogen-bond acceptors (Lipinski definition) is 4. The Morgan fingerprint density at radius 1 is 1.47 bits per heavy atom. The van der Waals surface area contributed by atoms with Crippen LogP contribution in [0.1, 0.15) is 19.3 Å². The minimum atomic E-state index is -0.841. The number of rotatable bonds is 4. The van der Waals surface area contributed by atoms with Crippen molar-refractivity contribution in [2.24, 2.45) is 11.7 Å². The molecular weight excluding hydrogens is 190 g/mol. The Morgan fingerprint density at radius 2 is 2.07 bits per heavy atom. The first-order chi connectivity index (χ1) is 7.15. The highest BCUT2D eigenvalue weighted by Gasteiger charge is 2.22. The summed E-state index contributed by atoms with van der Waals surface area (Å²) in [6.45, 7) is 5.67. The van der Waals surface area contributed by atoms with Gasteiger partial charge in [0.1, 0.15) is 5.92 Å². The van der Waals surface area contributed by atoms with E-state index in [1.165, 1.54) is 6.42 Å². The zero-order chi connectivity index (χ0) is 11.3. The predicted octanol–water partition coefficient (Wildman–Crippen LogP) is 0.654. The predicted molar refractivity (Wildman–Crippen MR) is 57.7 cm³/mol. The van der Waals surface area contributed by atoms with Crippen LogP contribution in [-0.2, 0) is 4.79 Å². The third-order valence-corrected chi connectivity index (χ3v) is 2.65. The third kappa shape index (κ3) is 3.37. The Balaban J connectivity index is 2.46. The van der Waals surface area contributed by atoms with Gasteiger partial charge in [-0.15, -0.1) is 0 Å². The van der Waals surface area contributed by atoms with Gasteiger partial charge in [-0.2, -0.15) is 5.26 Å². The van der Waals surface area contributed by atoms with Gasteiger partial charge in [-0.25, -0.2) is 0 Å². The van der Waals surface area contributed by atoms with E-state index in [1.54, 1.807) is 0 Å². The molecule has 1 heterocycles. The van der Waals surface area contributed by atoms with Crippen LogP contribution < -0.4 is 5.73 Å². The number of likely N-dealkylation sites (tertiary alicyclic amines) is 1. The van der Waals surface area contributed by atoms with E-state index in [4.69, 9.17) is 11.0 Å². The van der Waals surface area contributed by atoms with Crippen LogP contribution in [0.15, 0.2) is 12.3 Å². The van der Waals surface area contributed by atoms with E-state index in [9.17, 15) is 4.79 Å². The lowest BCUT2D eigenvalue weighted by Crippen LogP contribution is -2.37. The molecule has 2 N–H and O–H groups in total. The van der Waals surface area contributed by atoms with Crippen molar-refractivity contribution in [3.05, 3.63) is 12.3 Å². The van der Waals surface area contributed by atoms with Gasteiger partial charge in [0.15, 0.2) is 5.78 Å². The number of allylic oxidation sites excluding steroid dienone is 1. The average molecular weight is 207 g/mol. The van der Waals surface area contributed by atoms with Crippen molar-refractivity contribution in [3.8, 4) is 6.07 Å². The van der Waals surface area contributed by atoms with E-state index in [-0.39, 0.29) is 11.5 Å². The molecule has 0 unspecified atom stereocenters. The van der Waals surface area contributed by atoms with Crippen LogP contribution in [-0.4, -0.2) is 30.3 Å². The van der Waals surface area contributed by atoms with E-state index in [2.05, 4.69) is 11.5 Å². The lowest BCUT2D eigenvalue weighted by atomic mass is 10.0. The first kappa shape index (κ1) is 11.7. The lowest BCUT2D eigenvalue weighted by molar-refractivity contribution is -0.121. The number of nitrogens with zero attached hydrogens (tertiary/aromatic N) is 2. The molecular formula is C11H17N3O. The van der Waals surface area contributed by atoms with E-state index >= 15 is 0 Å². The lowest BCUT2D eigenvalue weighted by Gasteiger charge is -2.26. The molecule has 0 aromatic carbocycles. The van der Waals surface area contributed by atoms with Gasteiger partial charge in [0, 0.05) is 5.70 Å². The van der Waals surface area contributed by atoms with Crippen molar-refractivity contribution in [1.82, 2.24) is 4.90 Å². The first-order valence-corrected chi connectivity index (χ1v) is 5.24. The van der Waals surface area contributed by atoms with Gasteiger partial charge < -0.3 is 5.73 Å². The highest BCUT2D eigenvalue weighted by molar-refractivity contribution is 5.87. The molecule has 0 radical (unpaired) electrons. The normalized spacial score (nSPS) is 19.1. The molecule has 1 aliphatic heterocycles. The Morgan fingerprint density at radius 3 is 2.53 bits per heavy atom. The number of piperidine rings is 1. The van der Waals surface area contributed by atoms with E-state index < -0.39 is 5.92 Å². The van der Waals surface area contributed by atoms with Crippen LogP contribution in [0.4, 0.5) is 0 Å². The maximum absolute atomic E-state index is 11.7. The highest BCUT2D eigenvalue weighted by Crippen LogP contribution is 2.11. The van der Waals surface area contributed by atoms with Gasteiger partial charge >= 0.3 is 0 Å². The summed E-state index contributed by atoms with van der Waals surface area (Å²) in [6.07, 6.45) is 3.50. The Bertz CT molecular complexity index is 287. The summed E-state index contributed by atoms with van der Waals surface area (Å²) >= 11 is 0. The fraction of sp³-hybridized carbons (Fsp3) is 0.636. The maximum Gasteiger partial charge on any atom is 0.169 e. The number of nitriles is 1. The SMILES string of the molecule is C=C(N)[C@H](C#N)C(=O)CN1CCCCC1. The molecule has 4 nitrogen and oxygen atoms in total. The van der Waals surface area contributed by atoms with Gasteiger partial charge in [-0.1, -0.05) is 13.0 Å². The number of carbonyl (C=O) groups excluding carboxylic acids is 1. The molecule has 15 heavy (non-hydrogen) atoms. The van der Waals surface area contributed by atoms with Crippen molar-refractivity contribution in [1.29, 1.82) is 5.26 Å². The zero-order valence-corrected chi connectivity index (χ0v) is 8.91. The first-order valence-electron chi connectivity index (χ1n) is 5.24. The summed E-state index contributed by atoms with van der Waals surface area (Å²) in [6, 6.07) is 1.89. The number of ketones is 1. The molecule has 0 aromatic heterocycles. The van der Waals surface area contributed by atoms with Crippen LogP contribution in [0.3, 0.4) is 0 Å².